The highest BCUT2D eigenvalue weighted by atomic mass is 35.5. The Morgan fingerprint density at radius 1 is 0.917 bits per heavy atom. The standard InChI is InChI=1S/C26H26ClF3N2O3S/c1-18-5-10-21(15-25(18)30)36(33,34)32-13-11-31(12-14-32)16-26(19-6-8-20(27)9-7-19)35-17-22-23(28)3-2-4-24(22)29/h2-10,15,26H,11-14,16-17H2,1H3/t26-/m0/s1. The van der Waals surface area contributed by atoms with Crippen LogP contribution in [0.3, 0.4) is 0 Å². The average Bonchev–Trinajstić information content (AvgIpc) is 2.85. The van der Waals surface area contributed by atoms with Crippen LogP contribution in [0, 0.1) is 24.4 Å². The van der Waals surface area contributed by atoms with Gasteiger partial charge in [0.25, 0.3) is 0 Å². The molecule has 0 unspecified atom stereocenters. The third kappa shape index (κ3) is 6.10. The average molecular weight is 539 g/mol. The number of sulfonamides is 1. The number of benzene rings is 3. The molecule has 0 bridgehead atoms. The van der Waals surface area contributed by atoms with Crippen molar-refractivity contribution in [1.82, 2.24) is 9.21 Å². The fraction of sp³-hybridized carbons (Fsp3) is 0.308. The van der Waals surface area contributed by atoms with Gasteiger partial charge in [-0.05, 0) is 54.4 Å². The van der Waals surface area contributed by atoms with E-state index in [2.05, 4.69) is 0 Å². The van der Waals surface area contributed by atoms with Crippen molar-refractivity contribution in [3.63, 3.8) is 0 Å². The number of hydrogen-bond acceptors (Lipinski definition) is 4. The predicted octanol–water partition coefficient (Wildman–Crippen LogP) is 5.33. The largest absolute Gasteiger partial charge is 0.367 e. The fourth-order valence-corrected chi connectivity index (χ4v) is 5.62. The predicted molar refractivity (Wildman–Crippen MR) is 132 cm³/mol. The van der Waals surface area contributed by atoms with E-state index in [1.54, 1.807) is 31.2 Å². The number of rotatable bonds is 8. The van der Waals surface area contributed by atoms with Gasteiger partial charge in [-0.1, -0.05) is 35.9 Å². The molecule has 1 heterocycles. The van der Waals surface area contributed by atoms with Gasteiger partial charge in [-0.2, -0.15) is 4.31 Å². The number of aryl methyl sites for hydroxylation is 1. The lowest BCUT2D eigenvalue weighted by atomic mass is 10.1. The van der Waals surface area contributed by atoms with Crippen molar-refractivity contribution in [3.8, 4) is 0 Å². The Morgan fingerprint density at radius 2 is 1.56 bits per heavy atom. The van der Waals surface area contributed by atoms with E-state index in [0.29, 0.717) is 30.2 Å². The summed E-state index contributed by atoms with van der Waals surface area (Å²) in [6, 6.07) is 14.6. The molecule has 1 fully saturated rings. The molecule has 3 aromatic carbocycles. The van der Waals surface area contributed by atoms with Gasteiger partial charge in [-0.25, -0.2) is 21.6 Å². The molecule has 0 amide bonds. The zero-order chi connectivity index (χ0) is 25.9. The molecule has 5 nitrogen and oxygen atoms in total. The fourth-order valence-electron chi connectivity index (χ4n) is 4.06. The zero-order valence-electron chi connectivity index (χ0n) is 19.6. The van der Waals surface area contributed by atoms with E-state index in [1.165, 1.54) is 34.6 Å². The van der Waals surface area contributed by atoms with E-state index in [0.717, 1.165) is 11.6 Å². The third-order valence-electron chi connectivity index (χ3n) is 6.27. The molecule has 0 aliphatic carbocycles. The van der Waals surface area contributed by atoms with E-state index >= 15 is 0 Å². The lowest BCUT2D eigenvalue weighted by Gasteiger charge is -2.36. The first-order valence-corrected chi connectivity index (χ1v) is 13.3. The van der Waals surface area contributed by atoms with Gasteiger partial charge in [0.2, 0.25) is 10.0 Å². The molecule has 192 valence electrons. The zero-order valence-corrected chi connectivity index (χ0v) is 21.2. The van der Waals surface area contributed by atoms with E-state index < -0.39 is 33.6 Å². The minimum atomic E-state index is -3.83. The van der Waals surface area contributed by atoms with Crippen LogP contribution in [0.2, 0.25) is 5.02 Å². The molecular weight excluding hydrogens is 513 g/mol. The highest BCUT2D eigenvalue weighted by Gasteiger charge is 2.30. The van der Waals surface area contributed by atoms with E-state index in [4.69, 9.17) is 16.3 Å². The third-order valence-corrected chi connectivity index (χ3v) is 8.42. The van der Waals surface area contributed by atoms with Gasteiger partial charge in [0, 0.05) is 43.3 Å². The van der Waals surface area contributed by atoms with Crippen molar-refractivity contribution in [2.45, 2.75) is 24.5 Å². The van der Waals surface area contributed by atoms with Crippen LogP contribution < -0.4 is 0 Å². The second-order valence-corrected chi connectivity index (χ2v) is 11.0. The van der Waals surface area contributed by atoms with Crippen LogP contribution in [-0.4, -0.2) is 50.3 Å². The summed E-state index contributed by atoms with van der Waals surface area (Å²) in [6.07, 6.45) is -0.532. The summed E-state index contributed by atoms with van der Waals surface area (Å²) in [7, 11) is -3.83. The number of piperazine rings is 1. The molecule has 1 saturated heterocycles. The Balaban J connectivity index is 1.44. The van der Waals surface area contributed by atoms with Crippen LogP contribution in [0.25, 0.3) is 0 Å². The summed E-state index contributed by atoms with van der Waals surface area (Å²) >= 11 is 6.01. The van der Waals surface area contributed by atoms with Crippen molar-refractivity contribution in [1.29, 1.82) is 0 Å². The van der Waals surface area contributed by atoms with Gasteiger partial charge < -0.3 is 4.74 Å². The minimum Gasteiger partial charge on any atom is -0.367 e. The van der Waals surface area contributed by atoms with Crippen molar-refractivity contribution in [3.05, 3.63) is 99.8 Å². The summed E-state index contributed by atoms with van der Waals surface area (Å²) in [5, 5.41) is 0.545. The molecule has 1 aliphatic heterocycles. The molecule has 0 N–H and O–H groups in total. The Bertz CT molecular complexity index is 1290. The van der Waals surface area contributed by atoms with Crippen LogP contribution in [0.4, 0.5) is 13.2 Å². The van der Waals surface area contributed by atoms with Crippen molar-refractivity contribution < 1.29 is 26.3 Å². The molecule has 0 spiro atoms. The summed E-state index contributed by atoms with van der Waals surface area (Å²) in [6.45, 7) is 2.94. The molecule has 3 aromatic rings. The highest BCUT2D eigenvalue weighted by Crippen LogP contribution is 2.26. The molecule has 36 heavy (non-hydrogen) atoms. The second-order valence-electron chi connectivity index (χ2n) is 8.67. The first-order chi connectivity index (χ1) is 17.1. The normalized spacial score (nSPS) is 16.2. The summed E-state index contributed by atoms with van der Waals surface area (Å²) in [4.78, 5) is 1.95. The smallest absolute Gasteiger partial charge is 0.243 e. The van der Waals surface area contributed by atoms with Crippen molar-refractivity contribution in [2.24, 2.45) is 0 Å². The van der Waals surface area contributed by atoms with Gasteiger partial charge in [0.05, 0.1) is 17.6 Å². The summed E-state index contributed by atoms with van der Waals surface area (Å²) < 4.78 is 75.5. The van der Waals surface area contributed by atoms with E-state index in [1.807, 2.05) is 4.90 Å². The van der Waals surface area contributed by atoms with Crippen molar-refractivity contribution >= 4 is 21.6 Å². The molecular formula is C26H26ClF3N2O3S. The maximum atomic E-state index is 14.1. The molecule has 0 aromatic heterocycles. The van der Waals surface area contributed by atoms with Crippen LogP contribution in [0.15, 0.2) is 65.6 Å². The van der Waals surface area contributed by atoms with Crippen LogP contribution in [0.1, 0.15) is 22.8 Å². The first kappa shape index (κ1) is 26.6. The summed E-state index contributed by atoms with van der Waals surface area (Å²) in [5.74, 6) is -1.93. The van der Waals surface area contributed by atoms with Crippen LogP contribution in [0.5, 0.6) is 0 Å². The van der Waals surface area contributed by atoms with Gasteiger partial charge in [0.1, 0.15) is 17.5 Å². The van der Waals surface area contributed by atoms with Gasteiger partial charge in [0.15, 0.2) is 0 Å². The minimum absolute atomic E-state index is 0.0756. The lowest BCUT2D eigenvalue weighted by molar-refractivity contribution is 0.00546. The maximum Gasteiger partial charge on any atom is 0.243 e. The number of nitrogens with zero attached hydrogens (tertiary/aromatic N) is 2. The topological polar surface area (TPSA) is 49.9 Å². The first-order valence-electron chi connectivity index (χ1n) is 11.4. The molecule has 10 heteroatoms. The number of ether oxygens (including phenoxy) is 1. The molecule has 1 aliphatic rings. The monoisotopic (exact) mass is 538 g/mol. The second kappa shape index (κ2) is 11.3. The van der Waals surface area contributed by atoms with Gasteiger partial charge in [-0.15, -0.1) is 0 Å². The number of halogens is 4. The highest BCUT2D eigenvalue weighted by molar-refractivity contribution is 7.89. The molecule has 4 rings (SSSR count). The maximum absolute atomic E-state index is 14.1. The van der Waals surface area contributed by atoms with Gasteiger partial charge in [-0.3, -0.25) is 4.90 Å². The van der Waals surface area contributed by atoms with Crippen molar-refractivity contribution in [2.75, 3.05) is 32.7 Å². The Kier molecular flexibility index (Phi) is 8.37. The number of hydrogen-bond donors (Lipinski definition) is 0. The van der Waals surface area contributed by atoms with Gasteiger partial charge >= 0.3 is 0 Å². The molecule has 0 saturated carbocycles. The van der Waals surface area contributed by atoms with Crippen LogP contribution in [-0.2, 0) is 21.4 Å². The Labute approximate surface area is 214 Å². The summed E-state index contributed by atoms with van der Waals surface area (Å²) in [5.41, 5.74) is 1.00. The Hall–Kier alpha value is -2.43. The molecule has 1 atom stereocenters. The molecule has 0 radical (unpaired) electrons. The SMILES string of the molecule is Cc1ccc(S(=O)(=O)N2CCN(C[C@H](OCc3c(F)cccc3F)c3ccc(Cl)cc3)CC2)cc1F. The van der Waals surface area contributed by atoms with E-state index in [-0.39, 0.29) is 30.2 Å². The lowest BCUT2D eigenvalue weighted by Crippen LogP contribution is -2.49. The van der Waals surface area contributed by atoms with E-state index in [9.17, 15) is 21.6 Å². The Morgan fingerprint density at radius 3 is 2.17 bits per heavy atom. The quantitative estimate of drug-likeness (QED) is 0.389. The van der Waals surface area contributed by atoms with Crippen LogP contribution >= 0.6 is 11.6 Å².